The number of anilines is 1. The number of hydrogen-bond acceptors (Lipinski definition) is 5. The lowest BCUT2D eigenvalue weighted by Crippen LogP contribution is -2.32. The van der Waals surface area contributed by atoms with Crippen molar-refractivity contribution >= 4 is 29.3 Å². The molecule has 1 aliphatic rings. The molecular weight excluding hydrogens is 422 g/mol. The van der Waals surface area contributed by atoms with E-state index in [4.69, 9.17) is 0 Å². The molecule has 1 atom stereocenters. The van der Waals surface area contributed by atoms with E-state index < -0.39 is 0 Å². The van der Waals surface area contributed by atoms with Gasteiger partial charge in [0, 0.05) is 24.8 Å². The molecule has 1 fully saturated rings. The molecule has 0 radical (unpaired) electrons. The summed E-state index contributed by atoms with van der Waals surface area (Å²) in [4.78, 5) is 27.4. The SMILES string of the molecule is Cc1cccc(C(=O)N2CCCC2c2nnc(SCC(=O)Nc3ccccc3C)n2C)c1. The Morgan fingerprint density at radius 3 is 2.72 bits per heavy atom. The summed E-state index contributed by atoms with van der Waals surface area (Å²) in [6.07, 6.45) is 1.78. The van der Waals surface area contributed by atoms with Gasteiger partial charge in [0.1, 0.15) is 0 Å². The van der Waals surface area contributed by atoms with Gasteiger partial charge in [-0.15, -0.1) is 10.2 Å². The van der Waals surface area contributed by atoms with Crippen molar-refractivity contribution < 1.29 is 9.59 Å². The number of hydrogen-bond donors (Lipinski definition) is 1. The predicted molar refractivity (Wildman–Crippen MR) is 126 cm³/mol. The zero-order valence-electron chi connectivity index (χ0n) is 18.5. The Kier molecular flexibility index (Phi) is 6.60. The molecule has 2 aromatic carbocycles. The summed E-state index contributed by atoms with van der Waals surface area (Å²) >= 11 is 1.34. The van der Waals surface area contributed by atoms with E-state index in [9.17, 15) is 9.59 Å². The Morgan fingerprint density at radius 1 is 1.12 bits per heavy atom. The number of likely N-dealkylation sites (tertiary alicyclic amines) is 1. The number of rotatable bonds is 6. The molecule has 8 heteroatoms. The van der Waals surface area contributed by atoms with Gasteiger partial charge in [0.05, 0.1) is 11.8 Å². The van der Waals surface area contributed by atoms with Crippen molar-refractivity contribution in [2.24, 2.45) is 7.05 Å². The largest absolute Gasteiger partial charge is 0.328 e. The fourth-order valence-corrected chi connectivity index (χ4v) is 4.71. The number of aromatic nitrogens is 3. The summed E-state index contributed by atoms with van der Waals surface area (Å²) in [7, 11) is 1.89. The minimum atomic E-state index is -0.115. The first-order valence-electron chi connectivity index (χ1n) is 10.7. The maximum atomic E-state index is 13.1. The van der Waals surface area contributed by atoms with E-state index in [1.54, 1.807) is 0 Å². The quantitative estimate of drug-likeness (QED) is 0.572. The van der Waals surface area contributed by atoms with E-state index in [0.717, 1.165) is 35.5 Å². The molecule has 1 aliphatic heterocycles. The normalized spacial score (nSPS) is 15.7. The molecule has 32 heavy (non-hydrogen) atoms. The Morgan fingerprint density at radius 2 is 1.94 bits per heavy atom. The topological polar surface area (TPSA) is 80.1 Å². The zero-order valence-corrected chi connectivity index (χ0v) is 19.4. The molecule has 0 spiro atoms. The molecule has 0 aliphatic carbocycles. The van der Waals surface area contributed by atoms with Gasteiger partial charge in [-0.3, -0.25) is 9.59 Å². The van der Waals surface area contributed by atoms with Crippen LogP contribution in [0.15, 0.2) is 53.7 Å². The lowest BCUT2D eigenvalue weighted by atomic mass is 10.1. The Bertz CT molecular complexity index is 1140. The maximum absolute atomic E-state index is 13.1. The van der Waals surface area contributed by atoms with Crippen molar-refractivity contribution in [3.05, 3.63) is 71.0 Å². The van der Waals surface area contributed by atoms with E-state index in [2.05, 4.69) is 15.5 Å². The highest BCUT2D eigenvalue weighted by atomic mass is 32.2. The third kappa shape index (κ3) is 4.70. The summed E-state index contributed by atoms with van der Waals surface area (Å²) in [5.41, 5.74) is 3.59. The van der Waals surface area contributed by atoms with Gasteiger partial charge in [0.2, 0.25) is 5.91 Å². The first-order valence-corrected chi connectivity index (χ1v) is 11.7. The molecule has 0 bridgehead atoms. The predicted octanol–water partition coefficient (Wildman–Crippen LogP) is 4.14. The highest BCUT2D eigenvalue weighted by Crippen LogP contribution is 2.33. The molecule has 2 heterocycles. The zero-order chi connectivity index (χ0) is 22.7. The lowest BCUT2D eigenvalue weighted by Gasteiger charge is -2.24. The minimum Gasteiger partial charge on any atom is -0.328 e. The molecule has 4 rings (SSSR count). The second kappa shape index (κ2) is 9.56. The van der Waals surface area contributed by atoms with Gasteiger partial charge in [0.15, 0.2) is 11.0 Å². The Balaban J connectivity index is 1.43. The molecular formula is C24H27N5O2S. The number of benzene rings is 2. The van der Waals surface area contributed by atoms with Gasteiger partial charge in [-0.25, -0.2) is 0 Å². The molecule has 1 N–H and O–H groups in total. The first kappa shape index (κ1) is 22.1. The number of nitrogens with one attached hydrogen (secondary N) is 1. The van der Waals surface area contributed by atoms with Gasteiger partial charge in [-0.2, -0.15) is 0 Å². The van der Waals surface area contributed by atoms with E-state index >= 15 is 0 Å². The van der Waals surface area contributed by atoms with Crippen molar-refractivity contribution in [3.8, 4) is 0 Å². The average molecular weight is 450 g/mol. The fourth-order valence-electron chi connectivity index (χ4n) is 3.99. The van der Waals surface area contributed by atoms with Crippen LogP contribution in [0.25, 0.3) is 0 Å². The Labute approximate surface area is 192 Å². The van der Waals surface area contributed by atoms with Gasteiger partial charge in [-0.1, -0.05) is 47.7 Å². The van der Waals surface area contributed by atoms with Crippen molar-refractivity contribution in [2.75, 3.05) is 17.6 Å². The van der Waals surface area contributed by atoms with Crippen LogP contribution in [-0.2, 0) is 11.8 Å². The third-order valence-electron chi connectivity index (χ3n) is 5.70. The summed E-state index contributed by atoms with van der Waals surface area (Å²) in [6.45, 7) is 4.65. The molecule has 1 saturated heterocycles. The van der Waals surface area contributed by atoms with Gasteiger partial charge in [0.25, 0.3) is 5.91 Å². The summed E-state index contributed by atoms with van der Waals surface area (Å²) in [5, 5.41) is 12.3. The average Bonchev–Trinajstić information content (AvgIpc) is 3.40. The lowest BCUT2D eigenvalue weighted by molar-refractivity contribution is -0.113. The van der Waals surface area contributed by atoms with E-state index in [0.29, 0.717) is 17.3 Å². The first-order chi connectivity index (χ1) is 15.4. The van der Waals surface area contributed by atoms with Crippen molar-refractivity contribution in [1.82, 2.24) is 19.7 Å². The highest BCUT2D eigenvalue weighted by Gasteiger charge is 2.34. The molecule has 7 nitrogen and oxygen atoms in total. The number of thioether (sulfide) groups is 1. The van der Waals surface area contributed by atoms with Crippen LogP contribution in [0.3, 0.4) is 0 Å². The number of para-hydroxylation sites is 1. The molecule has 2 amide bonds. The summed E-state index contributed by atoms with van der Waals surface area (Å²) in [6, 6.07) is 15.2. The van der Waals surface area contributed by atoms with Crippen LogP contribution in [0.1, 0.15) is 46.2 Å². The number of carbonyl (C=O) groups excluding carboxylic acids is 2. The van der Waals surface area contributed by atoms with Crippen LogP contribution < -0.4 is 5.32 Å². The monoisotopic (exact) mass is 449 g/mol. The van der Waals surface area contributed by atoms with Crippen LogP contribution in [0.5, 0.6) is 0 Å². The Hall–Kier alpha value is -3.13. The van der Waals surface area contributed by atoms with Crippen LogP contribution >= 0.6 is 11.8 Å². The smallest absolute Gasteiger partial charge is 0.254 e. The van der Waals surface area contributed by atoms with E-state index in [1.165, 1.54) is 11.8 Å². The molecule has 3 aromatic rings. The van der Waals surface area contributed by atoms with E-state index in [1.807, 2.05) is 78.9 Å². The number of aryl methyl sites for hydroxylation is 2. The second-order valence-electron chi connectivity index (χ2n) is 8.08. The number of amides is 2. The van der Waals surface area contributed by atoms with Crippen LogP contribution in [0.4, 0.5) is 5.69 Å². The van der Waals surface area contributed by atoms with Gasteiger partial charge in [-0.05, 0) is 50.5 Å². The van der Waals surface area contributed by atoms with Crippen molar-refractivity contribution in [1.29, 1.82) is 0 Å². The maximum Gasteiger partial charge on any atom is 0.254 e. The number of carbonyl (C=O) groups is 2. The standard InChI is InChI=1S/C24H27N5O2S/c1-16-8-6-10-18(14-16)23(31)29-13-7-12-20(29)22-26-27-24(28(22)3)32-15-21(30)25-19-11-5-4-9-17(19)2/h4-6,8-11,14,20H,7,12-13,15H2,1-3H3,(H,25,30). The molecule has 1 unspecified atom stereocenters. The van der Waals surface area contributed by atoms with Gasteiger partial charge < -0.3 is 14.8 Å². The van der Waals surface area contributed by atoms with Crippen molar-refractivity contribution in [2.45, 2.75) is 37.9 Å². The molecule has 0 saturated carbocycles. The third-order valence-corrected chi connectivity index (χ3v) is 6.72. The second-order valence-corrected chi connectivity index (χ2v) is 9.02. The van der Waals surface area contributed by atoms with Crippen molar-refractivity contribution in [3.63, 3.8) is 0 Å². The van der Waals surface area contributed by atoms with Crippen LogP contribution in [-0.4, -0.2) is 43.8 Å². The minimum absolute atomic E-state index is 0.0195. The molecule has 1 aromatic heterocycles. The highest BCUT2D eigenvalue weighted by molar-refractivity contribution is 7.99. The summed E-state index contributed by atoms with van der Waals surface area (Å²) < 4.78 is 1.90. The summed E-state index contributed by atoms with van der Waals surface area (Å²) in [5.74, 6) is 0.916. The fraction of sp³-hybridized carbons (Fsp3) is 0.333. The van der Waals surface area contributed by atoms with Crippen LogP contribution in [0.2, 0.25) is 0 Å². The van der Waals surface area contributed by atoms with Gasteiger partial charge >= 0.3 is 0 Å². The molecule has 166 valence electrons. The van der Waals surface area contributed by atoms with Crippen LogP contribution in [0, 0.1) is 13.8 Å². The number of nitrogens with zero attached hydrogens (tertiary/aromatic N) is 4. The van der Waals surface area contributed by atoms with E-state index in [-0.39, 0.29) is 23.6 Å².